The Bertz CT molecular complexity index is 750. The van der Waals surface area contributed by atoms with Crippen LogP contribution in [0, 0.1) is 5.92 Å². The molecule has 0 bridgehead atoms. The van der Waals surface area contributed by atoms with Crippen LogP contribution in [0.3, 0.4) is 0 Å². The predicted octanol–water partition coefficient (Wildman–Crippen LogP) is 0.581. The van der Waals surface area contributed by atoms with Crippen LogP contribution in [0.1, 0.15) is 30.9 Å². The van der Waals surface area contributed by atoms with Crippen molar-refractivity contribution in [2.45, 2.75) is 43.9 Å². The monoisotopic (exact) mass is 367 g/mol. The number of hydrogen-bond donors (Lipinski definition) is 2. The van der Waals surface area contributed by atoms with Gasteiger partial charge in [0.25, 0.3) is 0 Å². The molecule has 2 heterocycles. The molecule has 0 saturated carbocycles. The van der Waals surface area contributed by atoms with Crippen LogP contribution in [-0.4, -0.2) is 44.9 Å². The summed E-state index contributed by atoms with van der Waals surface area (Å²) in [5.41, 5.74) is 7.65. The summed E-state index contributed by atoms with van der Waals surface area (Å²) in [4.78, 5) is 14.3. The van der Waals surface area contributed by atoms with E-state index in [2.05, 4.69) is 11.6 Å². The lowest BCUT2D eigenvalue weighted by molar-refractivity contribution is -0.133. The van der Waals surface area contributed by atoms with Gasteiger partial charge in [-0.2, -0.15) is 0 Å². The van der Waals surface area contributed by atoms with Crippen molar-refractivity contribution in [3.8, 4) is 0 Å². The number of nitrogens with one attached hydrogen (secondary N) is 1. The van der Waals surface area contributed by atoms with Crippen molar-refractivity contribution < 1.29 is 17.9 Å². The highest BCUT2D eigenvalue weighted by molar-refractivity contribution is 7.89. The maximum Gasteiger partial charge on any atom is 0.241 e. The first-order valence-electron chi connectivity index (χ1n) is 8.59. The van der Waals surface area contributed by atoms with E-state index in [1.807, 2.05) is 0 Å². The second-order valence-corrected chi connectivity index (χ2v) is 8.62. The summed E-state index contributed by atoms with van der Waals surface area (Å²) >= 11 is 0. The number of hydrogen-bond acceptors (Lipinski definition) is 5. The third kappa shape index (κ3) is 4.03. The van der Waals surface area contributed by atoms with E-state index < -0.39 is 10.0 Å². The quantitative estimate of drug-likeness (QED) is 0.793. The van der Waals surface area contributed by atoms with E-state index in [4.69, 9.17) is 10.5 Å². The fraction of sp³-hybridized carbons (Fsp3) is 0.588. The fourth-order valence-electron chi connectivity index (χ4n) is 3.46. The Morgan fingerprint density at radius 2 is 2.12 bits per heavy atom. The number of rotatable bonds is 5. The van der Waals surface area contributed by atoms with E-state index in [9.17, 15) is 13.2 Å². The summed E-state index contributed by atoms with van der Waals surface area (Å²) in [6, 6.07) is 4.90. The molecule has 1 fully saturated rings. The van der Waals surface area contributed by atoms with Crippen LogP contribution < -0.4 is 10.5 Å². The Kier molecular flexibility index (Phi) is 5.43. The van der Waals surface area contributed by atoms with E-state index in [1.165, 1.54) is 0 Å². The molecule has 3 rings (SSSR count). The highest BCUT2D eigenvalue weighted by atomic mass is 32.2. The molecule has 1 saturated heterocycles. The van der Waals surface area contributed by atoms with Gasteiger partial charge in [0, 0.05) is 19.1 Å². The molecule has 1 aromatic carbocycles. The van der Waals surface area contributed by atoms with Crippen molar-refractivity contribution in [2.24, 2.45) is 11.7 Å². The number of benzene rings is 1. The molecule has 0 radical (unpaired) electrons. The maximum atomic E-state index is 12.5. The largest absolute Gasteiger partial charge is 0.372 e. The van der Waals surface area contributed by atoms with E-state index in [0.29, 0.717) is 32.2 Å². The molecule has 2 aliphatic rings. The van der Waals surface area contributed by atoms with Gasteiger partial charge in [0.05, 0.1) is 24.7 Å². The van der Waals surface area contributed by atoms with Crippen LogP contribution in [0.25, 0.3) is 0 Å². The van der Waals surface area contributed by atoms with E-state index >= 15 is 0 Å². The smallest absolute Gasteiger partial charge is 0.241 e. The zero-order valence-electron chi connectivity index (χ0n) is 14.4. The lowest BCUT2D eigenvalue weighted by Crippen LogP contribution is -2.52. The Hall–Kier alpha value is -1.48. The van der Waals surface area contributed by atoms with Gasteiger partial charge in [-0.05, 0) is 42.0 Å². The minimum atomic E-state index is -3.73. The highest BCUT2D eigenvalue weighted by Crippen LogP contribution is 2.24. The molecule has 0 spiro atoms. The lowest BCUT2D eigenvalue weighted by Gasteiger charge is -2.38. The molecule has 2 unspecified atom stereocenters. The molecule has 1 amide bonds. The van der Waals surface area contributed by atoms with Crippen molar-refractivity contribution in [2.75, 3.05) is 19.6 Å². The number of fused-ring (bicyclic) bond motifs is 1. The molecular formula is C17H25N3O4S. The normalized spacial score (nSPS) is 23.5. The Morgan fingerprint density at radius 1 is 1.36 bits per heavy atom. The number of ether oxygens (including phenoxy) is 1. The number of amides is 1. The van der Waals surface area contributed by atoms with Gasteiger partial charge in [-0.25, -0.2) is 13.1 Å². The minimum absolute atomic E-state index is 0.0158. The van der Waals surface area contributed by atoms with Crippen molar-refractivity contribution in [3.63, 3.8) is 0 Å². The van der Waals surface area contributed by atoms with Gasteiger partial charge in [0.15, 0.2) is 0 Å². The Labute approximate surface area is 148 Å². The maximum absolute atomic E-state index is 12.5. The van der Waals surface area contributed by atoms with Gasteiger partial charge in [-0.15, -0.1) is 0 Å². The molecular weight excluding hydrogens is 342 g/mol. The number of carbonyl (C=O) groups is 1. The lowest BCUT2D eigenvalue weighted by atomic mass is 9.92. The average Bonchev–Trinajstić information content (AvgIpc) is 3.07. The Balaban J connectivity index is 1.64. The van der Waals surface area contributed by atoms with Crippen molar-refractivity contribution in [1.82, 2.24) is 9.62 Å². The summed E-state index contributed by atoms with van der Waals surface area (Å²) in [6.07, 6.45) is 1.78. The highest BCUT2D eigenvalue weighted by Gasteiger charge is 2.29. The predicted molar refractivity (Wildman–Crippen MR) is 93.1 cm³/mol. The van der Waals surface area contributed by atoms with E-state index in [0.717, 1.165) is 24.0 Å². The van der Waals surface area contributed by atoms with Crippen LogP contribution >= 0.6 is 0 Å². The number of nitrogens with zero attached hydrogens (tertiary/aromatic N) is 1. The third-order valence-corrected chi connectivity index (χ3v) is 6.39. The second-order valence-electron chi connectivity index (χ2n) is 6.85. The van der Waals surface area contributed by atoms with E-state index in [-0.39, 0.29) is 23.4 Å². The molecule has 0 aromatic heterocycles. The summed E-state index contributed by atoms with van der Waals surface area (Å²) in [5.74, 6) is 0.304. The first kappa shape index (κ1) is 18.3. The number of sulfonamides is 1. The van der Waals surface area contributed by atoms with Crippen LogP contribution in [0.4, 0.5) is 0 Å². The summed E-state index contributed by atoms with van der Waals surface area (Å²) in [5, 5.41) is 0. The van der Waals surface area contributed by atoms with Crippen molar-refractivity contribution in [3.05, 3.63) is 29.3 Å². The molecule has 3 N–H and O–H groups in total. The molecule has 2 aliphatic heterocycles. The molecule has 1 aromatic rings. The van der Waals surface area contributed by atoms with Crippen LogP contribution in [0.15, 0.2) is 23.1 Å². The van der Waals surface area contributed by atoms with Gasteiger partial charge in [0.1, 0.15) is 0 Å². The zero-order chi connectivity index (χ0) is 18.0. The average molecular weight is 367 g/mol. The van der Waals surface area contributed by atoms with Crippen LogP contribution in [0.2, 0.25) is 0 Å². The zero-order valence-corrected chi connectivity index (χ0v) is 15.2. The summed E-state index contributed by atoms with van der Waals surface area (Å²) in [7, 11) is -3.73. The third-order valence-electron chi connectivity index (χ3n) is 4.99. The molecule has 2 atom stereocenters. The summed E-state index contributed by atoms with van der Waals surface area (Å²) in [6.45, 7) is 3.84. The molecule has 25 heavy (non-hydrogen) atoms. The van der Waals surface area contributed by atoms with Gasteiger partial charge < -0.3 is 15.4 Å². The molecule has 8 heteroatoms. The van der Waals surface area contributed by atoms with Crippen LogP contribution in [0.5, 0.6) is 0 Å². The number of piperidine rings is 1. The first-order chi connectivity index (χ1) is 11.9. The number of nitrogens with two attached hydrogens (primary N) is 1. The van der Waals surface area contributed by atoms with Crippen molar-refractivity contribution in [1.29, 1.82) is 0 Å². The van der Waals surface area contributed by atoms with E-state index in [1.54, 1.807) is 23.1 Å². The molecule has 0 aliphatic carbocycles. The fourth-order valence-corrected chi connectivity index (χ4v) is 4.49. The van der Waals surface area contributed by atoms with Gasteiger partial charge in [0.2, 0.25) is 15.9 Å². The molecule has 138 valence electrons. The summed E-state index contributed by atoms with van der Waals surface area (Å²) < 4.78 is 32.7. The first-order valence-corrected chi connectivity index (χ1v) is 10.1. The van der Waals surface area contributed by atoms with Gasteiger partial charge in [-0.1, -0.05) is 13.0 Å². The van der Waals surface area contributed by atoms with Gasteiger partial charge >= 0.3 is 0 Å². The number of carbonyl (C=O) groups excluding carboxylic acids is 1. The SMILES string of the molecule is CC1CCN(C(=O)CNS(=O)(=O)c2ccc3c(c2)COC3)C(CN)C1. The van der Waals surface area contributed by atoms with Crippen LogP contribution in [-0.2, 0) is 32.8 Å². The Morgan fingerprint density at radius 3 is 2.88 bits per heavy atom. The minimum Gasteiger partial charge on any atom is -0.372 e. The second kappa shape index (κ2) is 7.41. The standard InChI is InChI=1S/C17H25N3O4S/c1-12-4-5-20(15(6-12)8-18)17(21)9-19-25(22,23)16-3-2-13-10-24-11-14(13)7-16/h2-3,7,12,15,19H,4-6,8-11,18H2,1H3. The van der Waals surface area contributed by atoms with Crippen molar-refractivity contribution >= 4 is 15.9 Å². The number of likely N-dealkylation sites (tertiary alicyclic amines) is 1. The van der Waals surface area contributed by atoms with Gasteiger partial charge in [-0.3, -0.25) is 4.79 Å². The topological polar surface area (TPSA) is 102 Å². The molecule has 7 nitrogen and oxygen atoms in total.